The largest absolute Gasteiger partial charge is 0.376 e. The Kier molecular flexibility index (Phi) is 4.48. The zero-order chi connectivity index (χ0) is 22.5. The van der Waals surface area contributed by atoms with E-state index in [0.29, 0.717) is 0 Å². The van der Waals surface area contributed by atoms with Gasteiger partial charge in [-0.05, 0) is 43.3 Å². The molecule has 6 aromatic rings. The molecule has 6 rings (SSSR count). The molecule has 0 aliphatic heterocycles. The first-order chi connectivity index (χ1) is 16.1. The van der Waals surface area contributed by atoms with Crippen LogP contribution >= 0.6 is 11.3 Å². The first-order valence-electron chi connectivity index (χ1n) is 10.6. The Morgan fingerprint density at radius 2 is 1.76 bits per heavy atom. The van der Waals surface area contributed by atoms with Gasteiger partial charge in [0, 0.05) is 69.9 Å². The van der Waals surface area contributed by atoms with Crippen molar-refractivity contribution >= 4 is 39.1 Å². The van der Waals surface area contributed by atoms with Crippen LogP contribution in [0.25, 0.3) is 55.0 Å². The topological polar surface area (TPSA) is 86.4 Å². The number of aromatic amines is 2. The zero-order valence-corrected chi connectivity index (χ0v) is 19.2. The number of aryl methyl sites for hydroxylation is 1. The fraction of sp³-hybridized carbons (Fsp3) is 0.120. The van der Waals surface area contributed by atoms with Gasteiger partial charge < -0.3 is 9.88 Å². The second kappa shape index (κ2) is 7.53. The maximum absolute atomic E-state index is 4.61. The lowest BCUT2D eigenvalue weighted by Crippen LogP contribution is -2.08. The minimum Gasteiger partial charge on any atom is -0.376 e. The lowest BCUT2D eigenvalue weighted by Gasteiger charge is -2.12. The summed E-state index contributed by atoms with van der Waals surface area (Å²) in [7, 11) is 4.01. The Labute approximate surface area is 194 Å². The van der Waals surface area contributed by atoms with Crippen molar-refractivity contribution in [2.45, 2.75) is 6.92 Å². The van der Waals surface area contributed by atoms with Crippen LogP contribution in [0.3, 0.4) is 0 Å². The molecule has 0 aliphatic rings. The third-order valence-electron chi connectivity index (χ3n) is 5.78. The summed E-state index contributed by atoms with van der Waals surface area (Å²) in [5.41, 5.74) is 7.53. The summed E-state index contributed by atoms with van der Waals surface area (Å²) in [4.78, 5) is 21.6. The van der Waals surface area contributed by atoms with Crippen molar-refractivity contribution in [3.63, 3.8) is 0 Å². The monoisotopic (exact) mass is 451 g/mol. The average molecular weight is 452 g/mol. The number of thiophene rings is 1. The van der Waals surface area contributed by atoms with Gasteiger partial charge in [-0.2, -0.15) is 5.10 Å². The first kappa shape index (κ1) is 19.6. The molecular weight excluding hydrogens is 430 g/mol. The van der Waals surface area contributed by atoms with E-state index in [2.05, 4.69) is 73.5 Å². The lowest BCUT2D eigenvalue weighted by molar-refractivity contribution is 1.10. The summed E-state index contributed by atoms with van der Waals surface area (Å²) in [5, 5.41) is 9.67. The van der Waals surface area contributed by atoms with E-state index < -0.39 is 0 Å². The highest BCUT2D eigenvalue weighted by Gasteiger charge is 2.16. The minimum atomic E-state index is 0.742. The second-order valence-corrected chi connectivity index (χ2v) is 9.52. The molecule has 8 heteroatoms. The molecule has 0 radical (unpaired) electrons. The molecule has 0 unspecified atom stereocenters. The van der Waals surface area contributed by atoms with Crippen LogP contribution < -0.4 is 4.90 Å². The quantitative estimate of drug-likeness (QED) is 0.361. The molecule has 0 amide bonds. The number of rotatable bonds is 4. The fourth-order valence-electron chi connectivity index (χ4n) is 4.05. The van der Waals surface area contributed by atoms with E-state index in [-0.39, 0.29) is 0 Å². The van der Waals surface area contributed by atoms with E-state index in [0.717, 1.165) is 50.3 Å². The van der Waals surface area contributed by atoms with E-state index in [1.54, 1.807) is 11.3 Å². The summed E-state index contributed by atoms with van der Waals surface area (Å²) in [6.45, 7) is 2.12. The van der Waals surface area contributed by atoms with Crippen LogP contribution in [0.5, 0.6) is 0 Å². The van der Waals surface area contributed by atoms with Gasteiger partial charge in [0.2, 0.25) is 0 Å². The normalized spacial score (nSPS) is 11.5. The van der Waals surface area contributed by atoms with E-state index >= 15 is 0 Å². The number of fused-ring (bicyclic) bond motifs is 2. The van der Waals surface area contributed by atoms with Gasteiger partial charge in [0.15, 0.2) is 5.65 Å². The van der Waals surface area contributed by atoms with E-state index in [1.165, 1.54) is 15.3 Å². The molecule has 0 aromatic carbocycles. The van der Waals surface area contributed by atoms with Crippen LogP contribution in [0.4, 0.5) is 5.69 Å². The molecular formula is C25H21N7S. The third-order valence-corrected chi connectivity index (χ3v) is 6.82. The lowest BCUT2D eigenvalue weighted by atomic mass is 10.1. The first-order valence-corrected chi connectivity index (χ1v) is 11.4. The molecule has 0 saturated heterocycles. The van der Waals surface area contributed by atoms with Crippen molar-refractivity contribution in [2.24, 2.45) is 0 Å². The number of H-pyrrole nitrogens is 2. The molecule has 0 fully saturated rings. The average Bonchev–Trinajstić information content (AvgIpc) is 3.55. The van der Waals surface area contributed by atoms with Crippen molar-refractivity contribution in [3.8, 4) is 33.0 Å². The fourth-order valence-corrected chi connectivity index (χ4v) is 4.95. The Bertz CT molecular complexity index is 1620. The Hall–Kier alpha value is -4.04. The number of hydrogen-bond donors (Lipinski definition) is 2. The molecule has 0 atom stereocenters. The predicted molar refractivity (Wildman–Crippen MR) is 135 cm³/mol. The smallest absolute Gasteiger partial charge is 0.155 e. The zero-order valence-electron chi connectivity index (χ0n) is 18.4. The Morgan fingerprint density at radius 3 is 2.58 bits per heavy atom. The molecule has 6 aromatic heterocycles. The SMILES string of the molecule is Cc1ccc(-c2ccnc3[nH]c(-c4n[nH]c5ncc(-c6cncc(N(C)C)c6)cc45)cc23)s1. The van der Waals surface area contributed by atoms with Crippen LogP contribution in [-0.2, 0) is 0 Å². The number of anilines is 1. The highest BCUT2D eigenvalue weighted by Crippen LogP contribution is 2.36. The van der Waals surface area contributed by atoms with Gasteiger partial charge in [-0.1, -0.05) is 0 Å². The molecule has 33 heavy (non-hydrogen) atoms. The van der Waals surface area contributed by atoms with E-state index in [1.807, 2.05) is 43.8 Å². The summed E-state index contributed by atoms with van der Waals surface area (Å²) in [6, 6.07) is 12.7. The number of nitrogens with one attached hydrogen (secondary N) is 2. The third kappa shape index (κ3) is 3.35. The van der Waals surface area contributed by atoms with E-state index in [4.69, 9.17) is 0 Å². The molecule has 0 saturated carbocycles. The van der Waals surface area contributed by atoms with Crippen LogP contribution in [0.15, 0.2) is 61.2 Å². The molecule has 0 spiro atoms. The van der Waals surface area contributed by atoms with Crippen LogP contribution in [0.1, 0.15) is 4.88 Å². The van der Waals surface area contributed by atoms with E-state index in [9.17, 15) is 0 Å². The van der Waals surface area contributed by atoms with Crippen LogP contribution in [0.2, 0.25) is 0 Å². The highest BCUT2D eigenvalue weighted by molar-refractivity contribution is 7.15. The van der Waals surface area contributed by atoms with Gasteiger partial charge in [0.1, 0.15) is 11.3 Å². The minimum absolute atomic E-state index is 0.742. The molecule has 0 aliphatic carbocycles. The molecule has 2 N–H and O–H groups in total. The van der Waals surface area contributed by atoms with Crippen molar-refractivity contribution in [1.29, 1.82) is 0 Å². The van der Waals surface area contributed by atoms with Crippen LogP contribution in [0, 0.1) is 6.92 Å². The van der Waals surface area contributed by atoms with Gasteiger partial charge in [0.05, 0.1) is 17.6 Å². The van der Waals surface area contributed by atoms with Gasteiger partial charge >= 0.3 is 0 Å². The second-order valence-electron chi connectivity index (χ2n) is 8.23. The highest BCUT2D eigenvalue weighted by atomic mass is 32.1. The van der Waals surface area contributed by atoms with Crippen molar-refractivity contribution in [1.82, 2.24) is 30.1 Å². The Balaban J connectivity index is 1.48. The van der Waals surface area contributed by atoms with Crippen LogP contribution in [-0.4, -0.2) is 44.2 Å². The maximum atomic E-state index is 4.61. The summed E-state index contributed by atoms with van der Waals surface area (Å²) < 4.78 is 0. The number of nitrogens with zero attached hydrogens (tertiary/aromatic N) is 5. The number of pyridine rings is 3. The van der Waals surface area contributed by atoms with Gasteiger partial charge in [-0.25, -0.2) is 9.97 Å². The molecule has 162 valence electrons. The summed E-state index contributed by atoms with van der Waals surface area (Å²) in [5.74, 6) is 0. The molecule has 0 bridgehead atoms. The Morgan fingerprint density at radius 1 is 0.879 bits per heavy atom. The predicted octanol–water partition coefficient (Wildman–Crippen LogP) is 5.67. The van der Waals surface area contributed by atoms with Gasteiger partial charge in [-0.15, -0.1) is 11.3 Å². The van der Waals surface area contributed by atoms with Crippen molar-refractivity contribution in [2.75, 3.05) is 19.0 Å². The molecule has 6 heterocycles. The number of aromatic nitrogens is 6. The van der Waals surface area contributed by atoms with Crippen molar-refractivity contribution < 1.29 is 0 Å². The number of hydrogen-bond acceptors (Lipinski definition) is 6. The van der Waals surface area contributed by atoms with Gasteiger partial charge in [-0.3, -0.25) is 10.1 Å². The summed E-state index contributed by atoms with van der Waals surface area (Å²) in [6.07, 6.45) is 7.41. The standard InChI is InChI=1S/C25H21N7S/c1-14-4-5-22(33-14)18-6-7-27-24-19(18)10-21(29-24)23-20-9-16(12-28-25(20)31-30-23)15-8-17(32(2)3)13-26-11-15/h4-13H,1-3H3,(H,27,29)(H,28,30,31). The maximum Gasteiger partial charge on any atom is 0.155 e. The van der Waals surface area contributed by atoms with Gasteiger partial charge in [0.25, 0.3) is 0 Å². The molecule has 7 nitrogen and oxygen atoms in total. The summed E-state index contributed by atoms with van der Waals surface area (Å²) >= 11 is 1.78. The van der Waals surface area contributed by atoms with Crippen molar-refractivity contribution in [3.05, 3.63) is 66.1 Å².